The Bertz CT molecular complexity index is 912. The standard InChI is InChI=1S/C20H28ClN7S/c1-19(2)9-13(22)20(11-19)4-7-28(8-5-20)14-10-26-18(17(24)27-14)29-12-3-6-25-16(23)15(12)21/h3,6,10,13H,4-5,7-9,11,22H2,1-2H3,(H2,23,25)(H2,24,27). The lowest BCUT2D eigenvalue weighted by Gasteiger charge is -2.43. The Morgan fingerprint density at radius 2 is 1.90 bits per heavy atom. The summed E-state index contributed by atoms with van der Waals surface area (Å²) >= 11 is 7.56. The van der Waals surface area contributed by atoms with Crippen molar-refractivity contribution in [1.82, 2.24) is 15.0 Å². The predicted octanol–water partition coefficient (Wildman–Crippen LogP) is 3.57. The molecule has 2 fully saturated rings. The summed E-state index contributed by atoms with van der Waals surface area (Å²) in [6, 6.07) is 2.07. The van der Waals surface area contributed by atoms with Crippen LogP contribution >= 0.6 is 23.4 Å². The number of nitrogens with zero attached hydrogens (tertiary/aromatic N) is 4. The van der Waals surface area contributed by atoms with E-state index in [9.17, 15) is 0 Å². The zero-order valence-electron chi connectivity index (χ0n) is 16.9. The molecule has 0 bridgehead atoms. The molecule has 2 aromatic rings. The molecule has 2 aromatic heterocycles. The molecule has 1 atom stereocenters. The van der Waals surface area contributed by atoms with Gasteiger partial charge in [-0.15, -0.1) is 0 Å². The fourth-order valence-corrected chi connectivity index (χ4v) is 5.95. The highest BCUT2D eigenvalue weighted by molar-refractivity contribution is 7.99. The van der Waals surface area contributed by atoms with E-state index in [2.05, 4.69) is 33.7 Å². The van der Waals surface area contributed by atoms with Crippen molar-refractivity contribution in [1.29, 1.82) is 0 Å². The van der Waals surface area contributed by atoms with Crippen molar-refractivity contribution in [2.75, 3.05) is 29.5 Å². The number of aromatic nitrogens is 3. The molecule has 3 heterocycles. The smallest absolute Gasteiger partial charge is 0.158 e. The quantitative estimate of drug-likeness (QED) is 0.671. The van der Waals surface area contributed by atoms with Crippen molar-refractivity contribution < 1.29 is 0 Å². The minimum absolute atomic E-state index is 0.257. The van der Waals surface area contributed by atoms with Gasteiger partial charge in [0.05, 0.1) is 11.2 Å². The number of nitrogen functional groups attached to an aromatic ring is 2. The molecular formula is C20H28ClN7S. The number of piperidine rings is 1. The maximum absolute atomic E-state index is 6.55. The molecule has 29 heavy (non-hydrogen) atoms. The van der Waals surface area contributed by atoms with E-state index in [0.29, 0.717) is 21.3 Å². The van der Waals surface area contributed by atoms with Crippen LogP contribution in [0.15, 0.2) is 28.4 Å². The monoisotopic (exact) mass is 433 g/mol. The second-order valence-electron chi connectivity index (χ2n) is 9.03. The summed E-state index contributed by atoms with van der Waals surface area (Å²) in [6.45, 7) is 6.52. The second-order valence-corrected chi connectivity index (χ2v) is 10.4. The van der Waals surface area contributed by atoms with Gasteiger partial charge in [-0.3, -0.25) is 0 Å². The zero-order chi connectivity index (χ0) is 20.8. The number of nitrogens with two attached hydrogens (primary N) is 3. The highest BCUT2D eigenvalue weighted by Crippen LogP contribution is 2.53. The predicted molar refractivity (Wildman–Crippen MR) is 119 cm³/mol. The molecular weight excluding hydrogens is 406 g/mol. The molecule has 1 aliphatic carbocycles. The van der Waals surface area contributed by atoms with Gasteiger partial charge in [-0.2, -0.15) is 0 Å². The molecule has 1 aliphatic heterocycles. The molecule has 4 rings (SSSR count). The lowest BCUT2D eigenvalue weighted by Crippen LogP contribution is -2.47. The molecule has 6 N–H and O–H groups in total. The van der Waals surface area contributed by atoms with Crippen LogP contribution < -0.4 is 22.1 Å². The summed E-state index contributed by atoms with van der Waals surface area (Å²) in [5.41, 5.74) is 19.1. The van der Waals surface area contributed by atoms with Crippen LogP contribution in [-0.4, -0.2) is 34.1 Å². The summed E-state index contributed by atoms with van der Waals surface area (Å²) in [4.78, 5) is 16.1. The van der Waals surface area contributed by atoms with E-state index in [-0.39, 0.29) is 17.3 Å². The van der Waals surface area contributed by atoms with Crippen molar-refractivity contribution in [2.45, 2.75) is 55.5 Å². The molecule has 7 nitrogen and oxygen atoms in total. The van der Waals surface area contributed by atoms with Crippen LogP contribution in [0.25, 0.3) is 0 Å². The molecule has 1 spiro atoms. The lowest BCUT2D eigenvalue weighted by molar-refractivity contribution is 0.180. The summed E-state index contributed by atoms with van der Waals surface area (Å²) in [5.74, 6) is 1.49. The Morgan fingerprint density at radius 1 is 1.17 bits per heavy atom. The van der Waals surface area contributed by atoms with Crippen LogP contribution in [0.2, 0.25) is 5.02 Å². The molecule has 1 unspecified atom stereocenters. The van der Waals surface area contributed by atoms with Gasteiger partial charge in [-0.05, 0) is 42.6 Å². The Kier molecular flexibility index (Phi) is 5.29. The number of anilines is 3. The van der Waals surface area contributed by atoms with E-state index < -0.39 is 0 Å². The van der Waals surface area contributed by atoms with Crippen molar-refractivity contribution in [3.8, 4) is 0 Å². The third-order valence-electron chi connectivity index (χ3n) is 6.31. The van der Waals surface area contributed by atoms with Gasteiger partial charge in [0, 0.05) is 30.2 Å². The molecule has 1 saturated carbocycles. The number of hydrogen-bond acceptors (Lipinski definition) is 8. The number of halogens is 1. The third-order valence-corrected chi connectivity index (χ3v) is 7.89. The van der Waals surface area contributed by atoms with E-state index in [1.807, 2.05) is 0 Å². The maximum Gasteiger partial charge on any atom is 0.158 e. The molecule has 0 amide bonds. The Hall–Kier alpha value is -1.77. The van der Waals surface area contributed by atoms with Gasteiger partial charge in [0.1, 0.15) is 16.7 Å². The summed E-state index contributed by atoms with van der Waals surface area (Å²) in [7, 11) is 0. The van der Waals surface area contributed by atoms with Crippen molar-refractivity contribution in [3.05, 3.63) is 23.5 Å². The first-order chi connectivity index (χ1) is 13.7. The Labute approximate surface area is 180 Å². The molecule has 0 aromatic carbocycles. The normalized spacial score (nSPS) is 22.9. The van der Waals surface area contributed by atoms with Crippen LogP contribution in [0.5, 0.6) is 0 Å². The summed E-state index contributed by atoms with van der Waals surface area (Å²) in [5, 5.41) is 1.01. The van der Waals surface area contributed by atoms with Crippen LogP contribution in [0.4, 0.5) is 17.5 Å². The summed E-state index contributed by atoms with van der Waals surface area (Å²) < 4.78 is 0. The molecule has 156 valence electrons. The van der Waals surface area contributed by atoms with Crippen molar-refractivity contribution in [2.24, 2.45) is 16.6 Å². The van der Waals surface area contributed by atoms with Gasteiger partial charge < -0.3 is 22.1 Å². The van der Waals surface area contributed by atoms with Gasteiger partial charge in [-0.25, -0.2) is 15.0 Å². The molecule has 9 heteroatoms. The topological polar surface area (TPSA) is 120 Å². The number of pyridine rings is 1. The van der Waals surface area contributed by atoms with Crippen molar-refractivity contribution in [3.63, 3.8) is 0 Å². The van der Waals surface area contributed by atoms with Gasteiger partial charge >= 0.3 is 0 Å². The van der Waals surface area contributed by atoms with Crippen LogP contribution in [0, 0.1) is 10.8 Å². The number of rotatable bonds is 3. The minimum atomic E-state index is 0.257. The minimum Gasteiger partial charge on any atom is -0.382 e. The van der Waals surface area contributed by atoms with E-state index in [1.54, 1.807) is 18.5 Å². The average molecular weight is 434 g/mol. The SMILES string of the molecule is CC1(C)CC(N)C2(CCN(c3cnc(Sc4ccnc(N)c4Cl)c(N)n3)CC2)C1. The van der Waals surface area contributed by atoms with E-state index in [1.165, 1.54) is 18.2 Å². The van der Waals surface area contributed by atoms with Crippen LogP contribution in [0.3, 0.4) is 0 Å². The molecule has 2 aliphatic rings. The fourth-order valence-electron chi connectivity index (χ4n) is 4.93. The van der Waals surface area contributed by atoms with Gasteiger partial charge in [-0.1, -0.05) is 37.2 Å². The highest BCUT2D eigenvalue weighted by atomic mass is 35.5. The summed E-state index contributed by atoms with van der Waals surface area (Å²) in [6.07, 6.45) is 7.87. The van der Waals surface area contributed by atoms with Crippen LogP contribution in [-0.2, 0) is 0 Å². The van der Waals surface area contributed by atoms with E-state index in [4.69, 9.17) is 28.8 Å². The van der Waals surface area contributed by atoms with Gasteiger partial charge in [0.2, 0.25) is 0 Å². The first kappa shape index (κ1) is 20.5. The van der Waals surface area contributed by atoms with E-state index >= 15 is 0 Å². The first-order valence-electron chi connectivity index (χ1n) is 9.90. The molecule has 1 saturated heterocycles. The van der Waals surface area contributed by atoms with Gasteiger partial charge in [0.15, 0.2) is 5.82 Å². The fraction of sp³-hybridized carbons (Fsp3) is 0.550. The maximum atomic E-state index is 6.55. The largest absolute Gasteiger partial charge is 0.382 e. The molecule has 0 radical (unpaired) electrons. The van der Waals surface area contributed by atoms with Crippen molar-refractivity contribution >= 4 is 40.8 Å². The van der Waals surface area contributed by atoms with E-state index in [0.717, 1.165) is 43.1 Å². The third kappa shape index (κ3) is 3.98. The lowest BCUT2D eigenvalue weighted by atomic mass is 9.73. The van der Waals surface area contributed by atoms with Gasteiger partial charge in [0.25, 0.3) is 0 Å². The zero-order valence-corrected chi connectivity index (χ0v) is 18.4. The Balaban J connectivity index is 1.46. The average Bonchev–Trinajstić information content (AvgIpc) is 2.89. The highest BCUT2D eigenvalue weighted by Gasteiger charge is 2.50. The first-order valence-corrected chi connectivity index (χ1v) is 11.1. The Morgan fingerprint density at radius 3 is 2.52 bits per heavy atom. The number of hydrogen-bond donors (Lipinski definition) is 3. The second kappa shape index (κ2) is 7.49. The van der Waals surface area contributed by atoms with Crippen LogP contribution in [0.1, 0.15) is 39.5 Å².